The highest BCUT2D eigenvalue weighted by Gasteiger charge is 2.33. The fourth-order valence-electron chi connectivity index (χ4n) is 3.68. The summed E-state index contributed by atoms with van der Waals surface area (Å²) in [6, 6.07) is 7.34. The quantitative estimate of drug-likeness (QED) is 0.367. The lowest BCUT2D eigenvalue weighted by Gasteiger charge is -2.32. The molecule has 1 atom stereocenters. The van der Waals surface area contributed by atoms with Gasteiger partial charge in [0.2, 0.25) is 11.6 Å². The molecule has 4 rings (SSSR count). The molecule has 0 N–H and O–H groups in total. The van der Waals surface area contributed by atoms with Crippen LogP contribution in [0.4, 0.5) is 11.5 Å². The number of ether oxygens (including phenoxy) is 1. The van der Waals surface area contributed by atoms with Crippen LogP contribution in [0.25, 0.3) is 16.9 Å². The molecule has 0 bridgehead atoms. The minimum atomic E-state index is -0.479. The summed E-state index contributed by atoms with van der Waals surface area (Å²) in [4.78, 5) is 38.1. The molecule has 0 aliphatic carbocycles. The molecular formula is C19H20N6O4. The Labute approximate surface area is 166 Å². The molecule has 1 aromatic carbocycles. The van der Waals surface area contributed by atoms with E-state index in [0.29, 0.717) is 43.6 Å². The number of imidazole rings is 1. The lowest BCUT2D eigenvalue weighted by atomic mass is 9.98. The summed E-state index contributed by atoms with van der Waals surface area (Å²) in [6.45, 7) is 2.95. The molecule has 0 amide bonds. The number of carbonyl (C=O) groups excluding carboxylic acids is 1. The molecular weight excluding hydrogens is 376 g/mol. The van der Waals surface area contributed by atoms with Gasteiger partial charge in [-0.3, -0.25) is 19.5 Å². The van der Waals surface area contributed by atoms with Crippen molar-refractivity contribution in [3.63, 3.8) is 0 Å². The van der Waals surface area contributed by atoms with Crippen LogP contribution >= 0.6 is 0 Å². The summed E-state index contributed by atoms with van der Waals surface area (Å²) >= 11 is 0. The van der Waals surface area contributed by atoms with Gasteiger partial charge in [0, 0.05) is 13.1 Å². The SMILES string of the molecule is CCOC(=O)C1CCCN(c2ncnc(-n3cnc4ccccc43)c2[N+](=O)[O-])C1. The summed E-state index contributed by atoms with van der Waals surface area (Å²) < 4.78 is 6.72. The van der Waals surface area contributed by atoms with E-state index in [1.54, 1.807) is 16.4 Å². The normalized spacial score (nSPS) is 16.7. The van der Waals surface area contributed by atoms with E-state index in [-0.39, 0.29) is 29.2 Å². The first-order chi connectivity index (χ1) is 14.1. The molecule has 1 unspecified atom stereocenters. The highest BCUT2D eigenvalue weighted by Crippen LogP contribution is 2.34. The molecule has 1 aliphatic heterocycles. The van der Waals surface area contributed by atoms with Crippen molar-refractivity contribution in [3.05, 3.63) is 47.0 Å². The Morgan fingerprint density at radius 1 is 1.28 bits per heavy atom. The van der Waals surface area contributed by atoms with Crippen LogP contribution in [0.2, 0.25) is 0 Å². The van der Waals surface area contributed by atoms with Crippen LogP contribution in [0.1, 0.15) is 19.8 Å². The number of aromatic nitrogens is 4. The number of para-hydroxylation sites is 2. The van der Waals surface area contributed by atoms with Crippen molar-refractivity contribution >= 4 is 28.5 Å². The summed E-state index contributed by atoms with van der Waals surface area (Å²) in [5.74, 6) is -0.274. The molecule has 2 aromatic heterocycles. The summed E-state index contributed by atoms with van der Waals surface area (Å²) in [7, 11) is 0. The molecule has 3 aromatic rings. The molecule has 0 saturated carbocycles. The topological polar surface area (TPSA) is 116 Å². The van der Waals surface area contributed by atoms with E-state index in [4.69, 9.17) is 4.74 Å². The first kappa shape index (κ1) is 18.8. The van der Waals surface area contributed by atoms with Crippen LogP contribution in [-0.2, 0) is 9.53 Å². The first-order valence-corrected chi connectivity index (χ1v) is 9.43. The summed E-state index contributed by atoms with van der Waals surface area (Å²) in [5, 5.41) is 12.0. The third-order valence-corrected chi connectivity index (χ3v) is 4.99. The Morgan fingerprint density at radius 2 is 2.07 bits per heavy atom. The van der Waals surface area contributed by atoms with Crippen LogP contribution in [0.15, 0.2) is 36.9 Å². The molecule has 10 heteroatoms. The Balaban J connectivity index is 1.76. The summed E-state index contributed by atoms with van der Waals surface area (Å²) in [5.41, 5.74) is 1.21. The zero-order valence-electron chi connectivity index (χ0n) is 15.9. The average molecular weight is 396 g/mol. The van der Waals surface area contributed by atoms with Crippen molar-refractivity contribution in [1.29, 1.82) is 0 Å². The van der Waals surface area contributed by atoms with Gasteiger partial charge < -0.3 is 9.64 Å². The monoisotopic (exact) mass is 396 g/mol. The Kier molecular flexibility index (Phi) is 5.07. The van der Waals surface area contributed by atoms with Crippen LogP contribution in [0.3, 0.4) is 0 Å². The molecule has 0 spiro atoms. The lowest BCUT2D eigenvalue weighted by molar-refractivity contribution is -0.384. The molecule has 0 radical (unpaired) electrons. The van der Waals surface area contributed by atoms with Crippen LogP contribution in [0, 0.1) is 16.0 Å². The number of esters is 1. The van der Waals surface area contributed by atoms with E-state index in [2.05, 4.69) is 15.0 Å². The van der Waals surface area contributed by atoms with E-state index in [1.165, 1.54) is 12.7 Å². The van der Waals surface area contributed by atoms with Crippen molar-refractivity contribution < 1.29 is 14.5 Å². The second-order valence-corrected chi connectivity index (χ2v) is 6.77. The van der Waals surface area contributed by atoms with E-state index >= 15 is 0 Å². The van der Waals surface area contributed by atoms with Gasteiger partial charge in [0.25, 0.3) is 0 Å². The Hall–Kier alpha value is -3.56. The third-order valence-electron chi connectivity index (χ3n) is 4.99. The van der Waals surface area contributed by atoms with Gasteiger partial charge in [-0.25, -0.2) is 15.0 Å². The fourth-order valence-corrected chi connectivity index (χ4v) is 3.68. The fraction of sp³-hybridized carbons (Fsp3) is 0.368. The largest absolute Gasteiger partial charge is 0.466 e. The average Bonchev–Trinajstić information content (AvgIpc) is 3.17. The number of hydrogen-bond donors (Lipinski definition) is 0. The number of fused-ring (bicyclic) bond motifs is 1. The van der Waals surface area contributed by atoms with Gasteiger partial charge in [0.15, 0.2) is 0 Å². The number of nitro groups is 1. The number of piperidine rings is 1. The number of carbonyl (C=O) groups is 1. The zero-order valence-corrected chi connectivity index (χ0v) is 15.9. The van der Waals surface area contributed by atoms with Crippen molar-refractivity contribution in [2.75, 3.05) is 24.6 Å². The van der Waals surface area contributed by atoms with Crippen molar-refractivity contribution in [2.24, 2.45) is 5.92 Å². The zero-order chi connectivity index (χ0) is 20.4. The van der Waals surface area contributed by atoms with Gasteiger partial charge in [0.05, 0.1) is 28.5 Å². The van der Waals surface area contributed by atoms with Crippen molar-refractivity contribution in [3.8, 4) is 5.82 Å². The molecule has 150 valence electrons. The van der Waals surface area contributed by atoms with E-state index < -0.39 is 4.92 Å². The maximum absolute atomic E-state index is 12.2. The van der Waals surface area contributed by atoms with Gasteiger partial charge in [-0.2, -0.15) is 0 Å². The van der Waals surface area contributed by atoms with Gasteiger partial charge in [-0.05, 0) is 31.9 Å². The maximum atomic E-state index is 12.2. The minimum absolute atomic E-state index is 0.145. The van der Waals surface area contributed by atoms with E-state index in [1.807, 2.05) is 24.3 Å². The third kappa shape index (κ3) is 3.48. The van der Waals surface area contributed by atoms with Gasteiger partial charge in [-0.15, -0.1) is 0 Å². The smallest absolute Gasteiger partial charge is 0.354 e. The van der Waals surface area contributed by atoms with Crippen LogP contribution in [0.5, 0.6) is 0 Å². The molecule has 1 fully saturated rings. The first-order valence-electron chi connectivity index (χ1n) is 9.43. The maximum Gasteiger partial charge on any atom is 0.354 e. The highest BCUT2D eigenvalue weighted by atomic mass is 16.6. The molecule has 1 saturated heterocycles. The van der Waals surface area contributed by atoms with Crippen molar-refractivity contribution in [1.82, 2.24) is 19.5 Å². The molecule has 10 nitrogen and oxygen atoms in total. The lowest BCUT2D eigenvalue weighted by Crippen LogP contribution is -2.40. The number of nitrogens with zero attached hydrogens (tertiary/aromatic N) is 6. The van der Waals surface area contributed by atoms with Gasteiger partial charge in [-0.1, -0.05) is 12.1 Å². The minimum Gasteiger partial charge on any atom is -0.466 e. The molecule has 1 aliphatic rings. The number of anilines is 1. The predicted molar refractivity (Wildman–Crippen MR) is 105 cm³/mol. The predicted octanol–water partition coefficient (Wildman–Crippen LogP) is 2.50. The van der Waals surface area contributed by atoms with E-state index in [9.17, 15) is 14.9 Å². The standard InChI is InChI=1S/C19H20N6O4/c1-2-29-19(26)13-6-5-9-23(10-13)17-16(25(27)28)18(21-11-20-17)24-12-22-14-7-3-4-8-15(14)24/h3-4,7-8,11-13H,2,5-6,9-10H2,1H3. The van der Waals surface area contributed by atoms with Crippen LogP contribution < -0.4 is 4.90 Å². The van der Waals surface area contributed by atoms with Gasteiger partial charge >= 0.3 is 11.7 Å². The highest BCUT2D eigenvalue weighted by molar-refractivity contribution is 5.79. The number of hydrogen-bond acceptors (Lipinski definition) is 8. The molecule has 3 heterocycles. The van der Waals surface area contributed by atoms with Gasteiger partial charge in [0.1, 0.15) is 12.7 Å². The number of rotatable bonds is 5. The van der Waals surface area contributed by atoms with E-state index in [0.717, 1.165) is 0 Å². The second kappa shape index (κ2) is 7.82. The van der Waals surface area contributed by atoms with Crippen molar-refractivity contribution in [2.45, 2.75) is 19.8 Å². The Bertz CT molecular complexity index is 1070. The number of benzene rings is 1. The summed E-state index contributed by atoms with van der Waals surface area (Å²) in [6.07, 6.45) is 4.23. The second-order valence-electron chi connectivity index (χ2n) is 6.77. The molecule has 29 heavy (non-hydrogen) atoms. The Morgan fingerprint density at radius 3 is 2.86 bits per heavy atom. The van der Waals surface area contributed by atoms with Crippen LogP contribution in [-0.4, -0.2) is 50.1 Å².